The second-order valence-corrected chi connectivity index (χ2v) is 5.62. The molecule has 1 fully saturated rings. The number of halogens is 1. The van der Waals surface area contributed by atoms with Gasteiger partial charge in [-0.05, 0) is 45.4 Å². The molecular weight excluding hydrogens is 276 g/mol. The fourth-order valence-electron chi connectivity index (χ4n) is 2.38. The minimum absolute atomic E-state index is 0.0183. The standard InChI is InChI=1S/C15H21ClN2O2/c1-10-12(16)5-3-7-14(10)20-9-15(19)18-13-6-4-8-17-11(13)2/h3,5,7,11,13,17H,4,6,8-9H2,1-2H3,(H,18,19). The van der Waals surface area contributed by atoms with E-state index in [0.717, 1.165) is 24.9 Å². The van der Waals surface area contributed by atoms with Gasteiger partial charge in [-0.2, -0.15) is 0 Å². The van der Waals surface area contributed by atoms with Crippen molar-refractivity contribution < 1.29 is 9.53 Å². The van der Waals surface area contributed by atoms with Crippen LogP contribution in [0.2, 0.25) is 5.02 Å². The summed E-state index contributed by atoms with van der Waals surface area (Å²) in [5, 5.41) is 7.01. The van der Waals surface area contributed by atoms with Crippen LogP contribution in [0.25, 0.3) is 0 Å². The summed E-state index contributed by atoms with van der Waals surface area (Å²) >= 11 is 6.02. The smallest absolute Gasteiger partial charge is 0.258 e. The van der Waals surface area contributed by atoms with Crippen molar-refractivity contribution in [1.29, 1.82) is 0 Å². The minimum atomic E-state index is -0.0927. The Morgan fingerprint density at radius 3 is 3.10 bits per heavy atom. The predicted octanol–water partition coefficient (Wildman–Crippen LogP) is 2.28. The lowest BCUT2D eigenvalue weighted by Gasteiger charge is -2.30. The molecule has 0 saturated carbocycles. The van der Waals surface area contributed by atoms with Crippen LogP contribution in [-0.2, 0) is 4.79 Å². The van der Waals surface area contributed by atoms with Crippen LogP contribution in [0.3, 0.4) is 0 Å². The molecule has 5 heteroatoms. The van der Waals surface area contributed by atoms with Gasteiger partial charge >= 0.3 is 0 Å². The molecule has 1 heterocycles. The molecule has 0 spiro atoms. The average molecular weight is 297 g/mol. The van der Waals surface area contributed by atoms with Gasteiger partial charge in [-0.25, -0.2) is 0 Å². The molecule has 1 aliphatic rings. The van der Waals surface area contributed by atoms with E-state index >= 15 is 0 Å². The van der Waals surface area contributed by atoms with Crippen LogP contribution in [0.1, 0.15) is 25.3 Å². The van der Waals surface area contributed by atoms with Gasteiger partial charge in [0.2, 0.25) is 0 Å². The molecule has 1 aromatic rings. The topological polar surface area (TPSA) is 50.4 Å². The Labute approximate surface area is 124 Å². The first-order valence-electron chi connectivity index (χ1n) is 6.98. The molecular formula is C15H21ClN2O2. The Balaban J connectivity index is 1.84. The number of nitrogens with one attached hydrogen (secondary N) is 2. The number of carbonyl (C=O) groups is 1. The van der Waals surface area contributed by atoms with E-state index in [4.69, 9.17) is 16.3 Å². The van der Waals surface area contributed by atoms with Gasteiger partial charge in [0, 0.05) is 22.7 Å². The van der Waals surface area contributed by atoms with E-state index in [2.05, 4.69) is 17.6 Å². The normalized spacial score (nSPS) is 22.4. The van der Waals surface area contributed by atoms with Gasteiger partial charge < -0.3 is 15.4 Å². The van der Waals surface area contributed by atoms with Crippen molar-refractivity contribution in [1.82, 2.24) is 10.6 Å². The summed E-state index contributed by atoms with van der Waals surface area (Å²) in [7, 11) is 0. The van der Waals surface area contributed by atoms with E-state index in [1.54, 1.807) is 6.07 Å². The van der Waals surface area contributed by atoms with Crippen molar-refractivity contribution in [2.24, 2.45) is 0 Å². The van der Waals surface area contributed by atoms with Crippen molar-refractivity contribution in [3.05, 3.63) is 28.8 Å². The number of piperidine rings is 1. The predicted molar refractivity (Wildman–Crippen MR) is 80.3 cm³/mol. The Morgan fingerprint density at radius 2 is 2.35 bits per heavy atom. The van der Waals surface area contributed by atoms with Gasteiger partial charge in [-0.1, -0.05) is 17.7 Å². The molecule has 1 aliphatic heterocycles. The third kappa shape index (κ3) is 3.87. The summed E-state index contributed by atoms with van der Waals surface area (Å²) in [6.07, 6.45) is 2.10. The molecule has 0 aliphatic carbocycles. The van der Waals surface area contributed by atoms with Crippen molar-refractivity contribution >= 4 is 17.5 Å². The Bertz CT molecular complexity index is 479. The molecule has 2 unspecified atom stereocenters. The Morgan fingerprint density at radius 1 is 1.55 bits per heavy atom. The van der Waals surface area contributed by atoms with Crippen LogP contribution in [0, 0.1) is 6.92 Å². The van der Waals surface area contributed by atoms with Gasteiger partial charge in [-0.15, -0.1) is 0 Å². The van der Waals surface area contributed by atoms with Crippen LogP contribution in [0.15, 0.2) is 18.2 Å². The zero-order valence-electron chi connectivity index (χ0n) is 11.9. The zero-order chi connectivity index (χ0) is 14.5. The lowest BCUT2D eigenvalue weighted by atomic mass is 10.00. The molecule has 2 N–H and O–H groups in total. The third-order valence-electron chi connectivity index (χ3n) is 3.68. The Kier molecular flexibility index (Phi) is 5.26. The maximum absolute atomic E-state index is 11.9. The molecule has 20 heavy (non-hydrogen) atoms. The Hall–Kier alpha value is -1.26. The van der Waals surface area contributed by atoms with Crippen molar-refractivity contribution in [3.63, 3.8) is 0 Å². The fraction of sp³-hybridized carbons (Fsp3) is 0.533. The highest BCUT2D eigenvalue weighted by Gasteiger charge is 2.22. The zero-order valence-corrected chi connectivity index (χ0v) is 12.7. The van der Waals surface area contributed by atoms with E-state index in [1.165, 1.54) is 0 Å². The molecule has 0 radical (unpaired) electrons. The van der Waals surface area contributed by atoms with Crippen molar-refractivity contribution in [2.45, 2.75) is 38.8 Å². The summed E-state index contributed by atoms with van der Waals surface area (Å²) in [6, 6.07) is 5.93. The third-order valence-corrected chi connectivity index (χ3v) is 4.09. The lowest BCUT2D eigenvalue weighted by molar-refractivity contribution is -0.124. The molecule has 0 bridgehead atoms. The molecule has 1 saturated heterocycles. The number of benzene rings is 1. The van der Waals surface area contributed by atoms with Crippen molar-refractivity contribution in [3.8, 4) is 5.75 Å². The van der Waals surface area contributed by atoms with Gasteiger partial charge in [0.25, 0.3) is 5.91 Å². The maximum Gasteiger partial charge on any atom is 0.258 e. The van der Waals surface area contributed by atoms with Gasteiger partial charge in [0.1, 0.15) is 5.75 Å². The summed E-state index contributed by atoms with van der Waals surface area (Å²) in [6.45, 7) is 5.00. The molecule has 1 amide bonds. The summed E-state index contributed by atoms with van der Waals surface area (Å²) in [5.74, 6) is 0.562. The largest absolute Gasteiger partial charge is 0.483 e. The molecule has 0 aromatic heterocycles. The minimum Gasteiger partial charge on any atom is -0.483 e. The van der Waals surface area contributed by atoms with E-state index in [0.29, 0.717) is 16.8 Å². The molecule has 110 valence electrons. The fourth-order valence-corrected chi connectivity index (χ4v) is 2.54. The highest BCUT2D eigenvalue weighted by Crippen LogP contribution is 2.24. The second-order valence-electron chi connectivity index (χ2n) is 5.21. The van der Waals surface area contributed by atoms with E-state index in [-0.39, 0.29) is 18.6 Å². The number of hydrogen-bond donors (Lipinski definition) is 2. The van der Waals surface area contributed by atoms with Crippen LogP contribution in [0.4, 0.5) is 0 Å². The van der Waals surface area contributed by atoms with Crippen molar-refractivity contribution in [2.75, 3.05) is 13.2 Å². The molecule has 1 aromatic carbocycles. The first-order chi connectivity index (χ1) is 9.58. The van der Waals surface area contributed by atoms with Crippen LogP contribution >= 0.6 is 11.6 Å². The monoisotopic (exact) mass is 296 g/mol. The lowest BCUT2D eigenvalue weighted by Crippen LogP contribution is -2.52. The van der Waals surface area contributed by atoms with Crippen LogP contribution < -0.4 is 15.4 Å². The number of ether oxygens (including phenoxy) is 1. The van der Waals surface area contributed by atoms with E-state index in [1.807, 2.05) is 19.1 Å². The summed E-state index contributed by atoms with van der Waals surface area (Å²) in [4.78, 5) is 11.9. The summed E-state index contributed by atoms with van der Waals surface area (Å²) < 4.78 is 5.54. The second kappa shape index (κ2) is 6.95. The van der Waals surface area contributed by atoms with Crippen LogP contribution in [-0.4, -0.2) is 31.1 Å². The quantitative estimate of drug-likeness (QED) is 0.896. The number of amides is 1. The van der Waals surface area contributed by atoms with Gasteiger partial charge in [-0.3, -0.25) is 4.79 Å². The number of hydrogen-bond acceptors (Lipinski definition) is 3. The highest BCUT2D eigenvalue weighted by atomic mass is 35.5. The number of carbonyl (C=O) groups excluding carboxylic acids is 1. The summed E-state index contributed by atoms with van der Waals surface area (Å²) in [5.41, 5.74) is 0.856. The first-order valence-corrected chi connectivity index (χ1v) is 7.36. The molecule has 2 rings (SSSR count). The van der Waals surface area contributed by atoms with Gasteiger partial charge in [0.05, 0.1) is 0 Å². The maximum atomic E-state index is 11.9. The van der Waals surface area contributed by atoms with Crippen LogP contribution in [0.5, 0.6) is 5.75 Å². The van der Waals surface area contributed by atoms with E-state index < -0.39 is 0 Å². The van der Waals surface area contributed by atoms with Gasteiger partial charge in [0.15, 0.2) is 6.61 Å². The molecule has 4 nitrogen and oxygen atoms in total. The SMILES string of the molecule is Cc1c(Cl)cccc1OCC(=O)NC1CCCNC1C. The van der Waals surface area contributed by atoms with E-state index in [9.17, 15) is 4.79 Å². The number of rotatable bonds is 4. The first kappa shape index (κ1) is 15.1. The average Bonchev–Trinajstić information content (AvgIpc) is 2.43. The highest BCUT2D eigenvalue weighted by molar-refractivity contribution is 6.31. The molecule has 2 atom stereocenters.